The van der Waals surface area contributed by atoms with E-state index in [-0.39, 0.29) is 18.6 Å². The highest BCUT2D eigenvalue weighted by molar-refractivity contribution is 7.22. The number of carbonyl (C=O) groups excluding carboxylic acids is 1. The molecule has 0 aliphatic carbocycles. The van der Waals surface area contributed by atoms with Gasteiger partial charge in [0.1, 0.15) is 5.75 Å². The normalized spacial score (nSPS) is 16.4. The van der Waals surface area contributed by atoms with Gasteiger partial charge in [0, 0.05) is 11.6 Å². The SMILES string of the molecule is Cc1cc(Cl)cc2sc(N(CC3CCCO3)C(=O)COc3ccccc3)nc12. The molecule has 2 aromatic carbocycles. The van der Waals surface area contributed by atoms with Gasteiger partial charge in [-0.05, 0) is 49.6 Å². The predicted molar refractivity (Wildman–Crippen MR) is 113 cm³/mol. The van der Waals surface area contributed by atoms with E-state index in [0.29, 0.717) is 22.4 Å². The number of anilines is 1. The summed E-state index contributed by atoms with van der Waals surface area (Å²) in [7, 11) is 0. The molecule has 0 radical (unpaired) electrons. The van der Waals surface area contributed by atoms with E-state index in [1.165, 1.54) is 11.3 Å². The molecule has 5 nitrogen and oxygen atoms in total. The average Bonchev–Trinajstić information content (AvgIpc) is 3.34. The van der Waals surface area contributed by atoms with Crippen LogP contribution in [0, 0.1) is 6.92 Å². The van der Waals surface area contributed by atoms with Crippen LogP contribution >= 0.6 is 22.9 Å². The smallest absolute Gasteiger partial charge is 0.266 e. The molecule has 0 N–H and O–H groups in total. The van der Waals surface area contributed by atoms with Crippen molar-refractivity contribution in [3.05, 3.63) is 53.1 Å². The lowest BCUT2D eigenvalue weighted by molar-refractivity contribution is -0.120. The van der Waals surface area contributed by atoms with Gasteiger partial charge in [-0.15, -0.1) is 0 Å². The third-order valence-corrected chi connectivity index (χ3v) is 5.93. The summed E-state index contributed by atoms with van der Waals surface area (Å²) in [5, 5.41) is 1.32. The maximum Gasteiger partial charge on any atom is 0.266 e. The van der Waals surface area contributed by atoms with Gasteiger partial charge in [0.15, 0.2) is 11.7 Å². The van der Waals surface area contributed by atoms with Gasteiger partial charge in [0.05, 0.1) is 22.9 Å². The van der Waals surface area contributed by atoms with E-state index in [0.717, 1.165) is 35.2 Å². The molecule has 0 spiro atoms. The summed E-state index contributed by atoms with van der Waals surface area (Å²) in [4.78, 5) is 19.4. The fourth-order valence-electron chi connectivity index (χ4n) is 3.28. The number of aryl methyl sites for hydroxylation is 1. The Labute approximate surface area is 172 Å². The number of ether oxygens (including phenoxy) is 2. The third-order valence-electron chi connectivity index (χ3n) is 4.69. The molecule has 1 aliphatic heterocycles. The second kappa shape index (κ2) is 8.47. The molecule has 1 atom stereocenters. The summed E-state index contributed by atoms with van der Waals surface area (Å²) < 4.78 is 12.4. The molecule has 0 bridgehead atoms. The van der Waals surface area contributed by atoms with Gasteiger partial charge in [0.25, 0.3) is 5.91 Å². The molecule has 1 amide bonds. The minimum atomic E-state index is -0.137. The standard InChI is InChI=1S/C21H21ClN2O3S/c1-14-10-15(22)11-18-20(14)23-21(28-18)24(12-17-8-5-9-26-17)19(25)13-27-16-6-3-2-4-7-16/h2-4,6-7,10-11,17H,5,8-9,12-13H2,1H3. The average molecular weight is 417 g/mol. The lowest BCUT2D eigenvalue weighted by Crippen LogP contribution is -2.40. The van der Waals surface area contributed by atoms with Crippen molar-refractivity contribution in [1.82, 2.24) is 4.98 Å². The zero-order valence-electron chi connectivity index (χ0n) is 15.6. The van der Waals surface area contributed by atoms with Crippen LogP contribution in [0.5, 0.6) is 5.75 Å². The predicted octanol–water partition coefficient (Wildman–Crippen LogP) is 4.85. The number of benzene rings is 2. The van der Waals surface area contributed by atoms with Crippen molar-refractivity contribution >= 4 is 44.2 Å². The van der Waals surface area contributed by atoms with Crippen LogP contribution in [-0.4, -0.2) is 36.8 Å². The van der Waals surface area contributed by atoms with Crippen LogP contribution in [0.2, 0.25) is 5.02 Å². The Kier molecular flexibility index (Phi) is 5.80. The van der Waals surface area contributed by atoms with Gasteiger partial charge in [-0.25, -0.2) is 4.98 Å². The highest BCUT2D eigenvalue weighted by Gasteiger charge is 2.26. The first-order chi connectivity index (χ1) is 13.6. The number of para-hydroxylation sites is 1. The van der Waals surface area contributed by atoms with Gasteiger partial charge in [-0.3, -0.25) is 9.69 Å². The Balaban J connectivity index is 1.59. The number of nitrogens with zero attached hydrogens (tertiary/aromatic N) is 2. The number of fused-ring (bicyclic) bond motifs is 1. The van der Waals surface area contributed by atoms with Crippen LogP contribution < -0.4 is 9.64 Å². The quantitative estimate of drug-likeness (QED) is 0.576. The van der Waals surface area contributed by atoms with Crippen LogP contribution in [0.25, 0.3) is 10.2 Å². The van der Waals surface area contributed by atoms with Crippen molar-refractivity contribution in [1.29, 1.82) is 0 Å². The molecule has 2 heterocycles. The van der Waals surface area contributed by atoms with Crippen LogP contribution in [-0.2, 0) is 9.53 Å². The highest BCUT2D eigenvalue weighted by Crippen LogP contribution is 2.33. The van der Waals surface area contributed by atoms with Crippen molar-refractivity contribution in [2.75, 3.05) is 24.7 Å². The Morgan fingerprint density at radius 2 is 2.18 bits per heavy atom. The molecule has 1 aliphatic rings. The number of hydrogen-bond donors (Lipinski definition) is 0. The van der Waals surface area contributed by atoms with E-state index < -0.39 is 0 Å². The summed E-state index contributed by atoms with van der Waals surface area (Å²) in [5.74, 6) is 0.530. The van der Waals surface area contributed by atoms with Crippen molar-refractivity contribution in [2.24, 2.45) is 0 Å². The number of rotatable bonds is 6. The monoisotopic (exact) mass is 416 g/mol. The third kappa shape index (κ3) is 4.29. The summed E-state index contributed by atoms with van der Waals surface area (Å²) in [6.45, 7) is 3.14. The summed E-state index contributed by atoms with van der Waals surface area (Å²) in [6, 6.07) is 13.1. The van der Waals surface area contributed by atoms with E-state index >= 15 is 0 Å². The van der Waals surface area contributed by atoms with E-state index in [4.69, 9.17) is 26.1 Å². The van der Waals surface area contributed by atoms with E-state index in [9.17, 15) is 4.79 Å². The minimum absolute atomic E-state index is 0.0253. The molecule has 4 rings (SSSR count). The van der Waals surface area contributed by atoms with Crippen molar-refractivity contribution in [3.8, 4) is 5.75 Å². The summed E-state index contributed by atoms with van der Waals surface area (Å²) in [6.07, 6.45) is 1.98. The van der Waals surface area contributed by atoms with Crippen molar-refractivity contribution in [2.45, 2.75) is 25.9 Å². The number of amides is 1. The molecule has 0 saturated carbocycles. The molecule has 28 heavy (non-hydrogen) atoms. The van der Waals surface area contributed by atoms with Gasteiger partial charge < -0.3 is 9.47 Å². The first kappa shape index (κ1) is 19.2. The van der Waals surface area contributed by atoms with Gasteiger partial charge >= 0.3 is 0 Å². The van der Waals surface area contributed by atoms with Gasteiger partial charge in [-0.1, -0.05) is 41.1 Å². The van der Waals surface area contributed by atoms with Crippen LogP contribution in [0.4, 0.5) is 5.13 Å². The maximum atomic E-state index is 13.0. The topological polar surface area (TPSA) is 51.7 Å². The molecule has 1 aromatic heterocycles. The first-order valence-electron chi connectivity index (χ1n) is 9.26. The fourth-order valence-corrected chi connectivity index (χ4v) is 4.72. The summed E-state index contributed by atoms with van der Waals surface area (Å²) in [5.41, 5.74) is 1.87. The second-order valence-electron chi connectivity index (χ2n) is 6.81. The van der Waals surface area contributed by atoms with Crippen molar-refractivity contribution < 1.29 is 14.3 Å². The Morgan fingerprint density at radius 3 is 2.93 bits per heavy atom. The molecule has 3 aromatic rings. The van der Waals surface area contributed by atoms with Crippen LogP contribution in [0.3, 0.4) is 0 Å². The van der Waals surface area contributed by atoms with Crippen molar-refractivity contribution in [3.63, 3.8) is 0 Å². The highest BCUT2D eigenvalue weighted by atomic mass is 35.5. The lowest BCUT2D eigenvalue weighted by Gasteiger charge is -2.23. The molecule has 1 unspecified atom stereocenters. The lowest BCUT2D eigenvalue weighted by atomic mass is 10.2. The fraction of sp³-hybridized carbons (Fsp3) is 0.333. The Hall–Kier alpha value is -2.15. The molecule has 1 fully saturated rings. The molecular formula is C21H21ClN2O3S. The number of halogens is 1. The number of thiazole rings is 1. The maximum absolute atomic E-state index is 13.0. The van der Waals surface area contributed by atoms with Crippen LogP contribution in [0.1, 0.15) is 18.4 Å². The van der Waals surface area contributed by atoms with E-state index in [1.54, 1.807) is 4.90 Å². The molecule has 7 heteroatoms. The zero-order chi connectivity index (χ0) is 19.5. The second-order valence-corrected chi connectivity index (χ2v) is 8.25. The largest absolute Gasteiger partial charge is 0.484 e. The van der Waals surface area contributed by atoms with E-state index in [1.807, 2.05) is 49.4 Å². The molecular weight excluding hydrogens is 396 g/mol. The zero-order valence-corrected chi connectivity index (χ0v) is 17.1. The number of carbonyl (C=O) groups is 1. The van der Waals surface area contributed by atoms with E-state index in [2.05, 4.69) is 0 Å². The van der Waals surface area contributed by atoms with Crippen LogP contribution in [0.15, 0.2) is 42.5 Å². The number of hydrogen-bond acceptors (Lipinski definition) is 5. The summed E-state index contributed by atoms with van der Waals surface area (Å²) >= 11 is 7.65. The molecule has 146 valence electrons. The van der Waals surface area contributed by atoms with Gasteiger partial charge in [-0.2, -0.15) is 0 Å². The Morgan fingerprint density at radius 1 is 1.36 bits per heavy atom. The Bertz CT molecular complexity index is 970. The minimum Gasteiger partial charge on any atom is -0.484 e. The molecule has 1 saturated heterocycles. The first-order valence-corrected chi connectivity index (χ1v) is 10.5. The number of aromatic nitrogens is 1. The van der Waals surface area contributed by atoms with Gasteiger partial charge in [0.2, 0.25) is 0 Å².